The zero-order valence-electron chi connectivity index (χ0n) is 22.5. The molecule has 0 bridgehead atoms. The van der Waals surface area contributed by atoms with Crippen LogP contribution in [0.15, 0.2) is 6.33 Å². The Balaban J connectivity index is 1.63. The minimum Gasteiger partial charge on any atom is -0.476 e. The van der Waals surface area contributed by atoms with Gasteiger partial charge in [-0.05, 0) is 6.04 Å². The van der Waals surface area contributed by atoms with E-state index < -0.39 is 41.2 Å². The number of hydrogen-bond acceptors (Lipinski definition) is 9. The third kappa shape index (κ3) is 4.76. The Morgan fingerprint density at radius 1 is 1.17 bits per heavy atom. The van der Waals surface area contributed by atoms with Crippen molar-refractivity contribution in [1.82, 2.24) is 19.5 Å². The molecule has 4 heterocycles. The van der Waals surface area contributed by atoms with Gasteiger partial charge in [0.2, 0.25) is 11.8 Å². The predicted octanol–water partition coefficient (Wildman–Crippen LogP) is 3.84. The second-order valence-corrected chi connectivity index (χ2v) is 23.3. The Morgan fingerprint density at radius 2 is 1.83 bits per heavy atom. The highest BCUT2D eigenvalue weighted by Crippen LogP contribution is 2.55. The summed E-state index contributed by atoms with van der Waals surface area (Å²) in [5, 5.41) is 11.0. The third-order valence-corrected chi connectivity index (χ3v) is 13.6. The van der Waals surface area contributed by atoms with E-state index in [0.717, 1.165) is 6.04 Å². The number of imidazole rings is 1. The largest absolute Gasteiger partial charge is 0.476 e. The van der Waals surface area contributed by atoms with Gasteiger partial charge in [0.1, 0.15) is 18.3 Å². The number of ether oxygens (including phenoxy) is 2. The summed E-state index contributed by atoms with van der Waals surface area (Å²) in [7, 11) is -4.03. The maximum Gasteiger partial charge on any atom is 0.349 e. The van der Waals surface area contributed by atoms with Gasteiger partial charge in [-0.2, -0.15) is 9.97 Å². The molecule has 2 fully saturated rings. The van der Waals surface area contributed by atoms with Crippen LogP contribution in [-0.4, -0.2) is 72.8 Å². The minimum atomic E-state index is -2.76. The van der Waals surface area contributed by atoms with Crippen molar-refractivity contribution >= 4 is 33.7 Å². The molecule has 0 radical (unpaired) electrons. The van der Waals surface area contributed by atoms with Crippen LogP contribution in [0.1, 0.15) is 47.8 Å². The lowest BCUT2D eigenvalue weighted by Gasteiger charge is -2.53. The fourth-order valence-corrected chi connectivity index (χ4v) is 10.9. The quantitative estimate of drug-likeness (QED) is 0.562. The van der Waals surface area contributed by atoms with E-state index in [-0.39, 0.29) is 16.0 Å². The third-order valence-electron chi connectivity index (χ3n) is 6.81. The summed E-state index contributed by atoms with van der Waals surface area (Å²) in [4.78, 5) is 13.2. The number of rotatable bonds is 5. The summed E-state index contributed by atoms with van der Waals surface area (Å²) in [6.45, 7) is 20.7. The maximum absolute atomic E-state index is 11.4. The van der Waals surface area contributed by atoms with Gasteiger partial charge in [0, 0.05) is 18.2 Å². The van der Waals surface area contributed by atoms with Crippen molar-refractivity contribution in [1.29, 1.82) is 0 Å². The van der Waals surface area contributed by atoms with Gasteiger partial charge < -0.3 is 29.2 Å². The van der Waals surface area contributed by atoms with Crippen LogP contribution in [0.25, 0.3) is 11.2 Å². The number of aromatic nitrogens is 4. The Morgan fingerprint density at radius 3 is 2.43 bits per heavy atom. The van der Waals surface area contributed by atoms with Gasteiger partial charge in [0.25, 0.3) is 0 Å². The van der Waals surface area contributed by atoms with E-state index in [2.05, 4.69) is 76.1 Å². The van der Waals surface area contributed by atoms with Gasteiger partial charge in [-0.1, -0.05) is 61.2 Å². The number of hydrogen-bond donors (Lipinski definition) is 2. The summed E-state index contributed by atoms with van der Waals surface area (Å²) in [5.74, 6) is 0.430. The molecule has 0 aromatic carbocycles. The molecular weight excluding hydrogens is 482 g/mol. The van der Waals surface area contributed by atoms with Crippen LogP contribution in [0, 0.1) is 0 Å². The van der Waals surface area contributed by atoms with Gasteiger partial charge in [-0.3, -0.25) is 4.57 Å². The normalized spacial score (nSPS) is 27.3. The van der Waals surface area contributed by atoms with Crippen molar-refractivity contribution in [2.75, 3.05) is 18.9 Å². The Labute approximate surface area is 209 Å². The molecule has 2 saturated heterocycles. The first-order valence-electron chi connectivity index (χ1n) is 12.3. The number of aliphatic hydroxyl groups is 1. The summed E-state index contributed by atoms with van der Waals surface area (Å²) in [5.41, 5.74) is 6.96. The van der Waals surface area contributed by atoms with Crippen molar-refractivity contribution in [2.24, 2.45) is 0 Å². The number of nitrogen functional groups attached to an aromatic ring is 1. The van der Waals surface area contributed by atoms with E-state index in [1.54, 1.807) is 10.9 Å². The smallest absolute Gasteiger partial charge is 0.349 e. The summed E-state index contributed by atoms with van der Waals surface area (Å²) < 4.78 is 27.2. The van der Waals surface area contributed by atoms with Crippen molar-refractivity contribution in [3.05, 3.63) is 6.33 Å². The van der Waals surface area contributed by atoms with Crippen LogP contribution in [0.2, 0.25) is 35.8 Å². The average Bonchev–Trinajstić information content (AvgIpc) is 3.25. The first kappa shape index (κ1) is 26.5. The van der Waals surface area contributed by atoms with E-state index in [0.29, 0.717) is 30.3 Å². The number of aliphatic hydroxyl groups excluding tert-OH is 1. The van der Waals surface area contributed by atoms with Crippen molar-refractivity contribution in [3.63, 3.8) is 0 Å². The second kappa shape index (κ2) is 8.77. The molecule has 4 atom stereocenters. The van der Waals surface area contributed by atoms with E-state index in [4.69, 9.17) is 24.1 Å². The molecule has 35 heavy (non-hydrogen) atoms. The standard InChI is InChI=1S/C23H41N5O5Si2/c1-22(2,3)35(23(4,5)6)31-12-14-17(33-35)16(29)20(32-14)28-13-25-15-18(28)26-21(24)27-19(15)30-10-11-34(7,8)9/h13-14,16-17,20,29H,10-12H2,1-9H3,(H2,24,26,27)/t14-,16-,17-,20-/m1/s1. The molecule has 0 spiro atoms. The number of anilines is 1. The van der Waals surface area contributed by atoms with Gasteiger partial charge in [0.05, 0.1) is 19.5 Å². The molecular formula is C23H41N5O5Si2. The van der Waals surface area contributed by atoms with Crippen LogP contribution < -0.4 is 10.5 Å². The molecule has 12 heteroatoms. The minimum absolute atomic E-state index is 0.0821. The maximum atomic E-state index is 11.4. The van der Waals surface area contributed by atoms with Crippen molar-refractivity contribution < 1.29 is 23.4 Å². The van der Waals surface area contributed by atoms with Crippen LogP contribution in [0.4, 0.5) is 5.95 Å². The fraction of sp³-hybridized carbons (Fsp3) is 0.783. The average molecular weight is 524 g/mol. The first-order valence-corrected chi connectivity index (χ1v) is 17.8. The first-order chi connectivity index (χ1) is 16.0. The van der Waals surface area contributed by atoms with Gasteiger partial charge >= 0.3 is 8.56 Å². The van der Waals surface area contributed by atoms with E-state index in [9.17, 15) is 5.11 Å². The van der Waals surface area contributed by atoms with E-state index >= 15 is 0 Å². The summed E-state index contributed by atoms with van der Waals surface area (Å²) in [6.07, 6.45) is -0.987. The van der Waals surface area contributed by atoms with Gasteiger partial charge in [-0.15, -0.1) is 0 Å². The predicted molar refractivity (Wildman–Crippen MR) is 139 cm³/mol. The second-order valence-electron chi connectivity index (χ2n) is 12.9. The van der Waals surface area contributed by atoms with Crippen LogP contribution in [0.5, 0.6) is 5.88 Å². The molecule has 2 aliphatic heterocycles. The molecule has 2 aliphatic rings. The Kier molecular flexibility index (Phi) is 6.64. The highest BCUT2D eigenvalue weighted by Gasteiger charge is 2.65. The van der Waals surface area contributed by atoms with Gasteiger partial charge in [-0.25, -0.2) is 4.98 Å². The SMILES string of the molecule is CC(C)(C)[Si]1(C(C)(C)C)OC[C@H]2O[C@@H](n3cnc4c(OCC[Si](C)(C)C)nc(N)nc43)[C@H](O)[C@@H]2O1. The van der Waals surface area contributed by atoms with E-state index in [1.165, 1.54) is 0 Å². The number of nitrogens with two attached hydrogens (primary N) is 1. The fourth-order valence-electron chi connectivity index (χ4n) is 5.21. The molecule has 4 rings (SSSR count). The molecule has 0 unspecified atom stereocenters. The number of fused-ring (bicyclic) bond motifs is 2. The van der Waals surface area contributed by atoms with E-state index in [1.807, 2.05) is 0 Å². The molecule has 10 nitrogen and oxygen atoms in total. The monoisotopic (exact) mass is 523 g/mol. The topological polar surface area (TPSA) is 127 Å². The number of nitrogens with zero attached hydrogens (tertiary/aromatic N) is 4. The highest BCUT2D eigenvalue weighted by molar-refractivity contribution is 6.76. The molecule has 3 N–H and O–H groups in total. The lowest BCUT2D eigenvalue weighted by molar-refractivity contribution is -0.0795. The van der Waals surface area contributed by atoms with Crippen LogP contribution in [-0.2, 0) is 13.6 Å². The molecule has 0 amide bonds. The molecule has 196 valence electrons. The van der Waals surface area contributed by atoms with Crippen molar-refractivity contribution in [2.45, 2.75) is 102 Å². The lowest BCUT2D eigenvalue weighted by atomic mass is 10.1. The lowest BCUT2D eigenvalue weighted by Crippen LogP contribution is -2.65. The van der Waals surface area contributed by atoms with Crippen LogP contribution >= 0.6 is 0 Å². The summed E-state index contributed by atoms with van der Waals surface area (Å²) in [6, 6.07) is 0.984. The zero-order valence-corrected chi connectivity index (χ0v) is 24.5. The summed E-state index contributed by atoms with van der Waals surface area (Å²) >= 11 is 0. The van der Waals surface area contributed by atoms with Gasteiger partial charge in [0.15, 0.2) is 17.4 Å². The molecule has 2 aromatic rings. The highest BCUT2D eigenvalue weighted by atomic mass is 28.4. The Bertz CT molecular complexity index is 1060. The molecule has 2 aromatic heterocycles. The Hall–Kier alpha value is -1.58. The molecule has 0 saturated carbocycles. The zero-order chi connectivity index (χ0) is 26.0. The van der Waals surface area contributed by atoms with Crippen molar-refractivity contribution in [3.8, 4) is 5.88 Å². The van der Waals surface area contributed by atoms with Crippen LogP contribution in [0.3, 0.4) is 0 Å². The molecule has 0 aliphatic carbocycles.